The Labute approximate surface area is 194 Å². The first-order chi connectivity index (χ1) is 14.5. The van der Waals surface area contributed by atoms with Gasteiger partial charge in [-0.05, 0) is 70.6 Å². The number of benzene rings is 3. The third-order valence-corrected chi connectivity index (χ3v) is 5.85. The smallest absolute Gasteiger partial charge is 0.257 e. The lowest BCUT2D eigenvalue weighted by Gasteiger charge is -2.19. The van der Waals surface area contributed by atoms with Crippen molar-refractivity contribution < 1.29 is 9.59 Å². The van der Waals surface area contributed by atoms with Crippen molar-refractivity contribution in [2.75, 3.05) is 0 Å². The Kier molecular flexibility index (Phi) is 7.53. The molecule has 3 aromatic carbocycles. The molecule has 3 N–H and O–H groups in total. The van der Waals surface area contributed by atoms with Gasteiger partial charge >= 0.3 is 0 Å². The van der Waals surface area contributed by atoms with Crippen LogP contribution in [0.5, 0.6) is 0 Å². The molecule has 30 heavy (non-hydrogen) atoms. The molecule has 5 nitrogen and oxygen atoms in total. The van der Waals surface area contributed by atoms with Crippen LogP contribution in [0.15, 0.2) is 78.9 Å². The third kappa shape index (κ3) is 5.64. The normalized spacial score (nSPS) is 10.4. The summed E-state index contributed by atoms with van der Waals surface area (Å²) in [5.41, 5.74) is 8.53. The minimum atomic E-state index is -0.517. The molecular weight excluding hydrogens is 509 g/mol. The topological polar surface area (TPSA) is 70.2 Å². The summed E-state index contributed by atoms with van der Waals surface area (Å²) in [5.74, 6) is -1.15. The van der Waals surface area contributed by atoms with E-state index in [-0.39, 0.29) is 16.9 Å². The highest BCUT2D eigenvalue weighted by molar-refractivity contribution is 14.1. The molecule has 0 bridgehead atoms. The van der Waals surface area contributed by atoms with E-state index in [0.717, 1.165) is 20.3 Å². The second-order valence-electron chi connectivity index (χ2n) is 6.62. The number of nitrogens with one attached hydrogen (secondary N) is 3. The van der Waals surface area contributed by atoms with E-state index >= 15 is 0 Å². The van der Waals surface area contributed by atoms with Gasteiger partial charge in [0, 0.05) is 9.13 Å². The lowest BCUT2D eigenvalue weighted by molar-refractivity contribution is -0.122. The van der Waals surface area contributed by atoms with Crippen LogP contribution >= 0.6 is 34.8 Å². The summed E-state index contributed by atoms with van der Waals surface area (Å²) in [6.45, 7) is 1.97. The number of hydrogen-bond donors (Lipinski definition) is 3. The molecule has 0 unspecified atom stereocenters. The Morgan fingerprint density at radius 2 is 1.43 bits per heavy atom. The van der Waals surface area contributed by atoms with Crippen molar-refractivity contribution in [1.82, 2.24) is 16.2 Å². The Morgan fingerprint density at radius 3 is 1.97 bits per heavy atom. The van der Waals surface area contributed by atoms with E-state index in [1.165, 1.54) is 0 Å². The van der Waals surface area contributed by atoms with Gasteiger partial charge in [-0.2, -0.15) is 0 Å². The van der Waals surface area contributed by atoms with Crippen LogP contribution in [0.2, 0.25) is 0 Å². The van der Waals surface area contributed by atoms with Gasteiger partial charge in [0.25, 0.3) is 5.91 Å². The molecule has 7 heteroatoms. The van der Waals surface area contributed by atoms with Gasteiger partial charge in [-0.1, -0.05) is 66.7 Å². The van der Waals surface area contributed by atoms with E-state index in [1.54, 1.807) is 12.1 Å². The Hall–Kier alpha value is -2.78. The van der Waals surface area contributed by atoms with E-state index in [1.807, 2.05) is 73.7 Å². The molecule has 0 saturated heterocycles. The highest BCUT2D eigenvalue weighted by Gasteiger charge is 2.22. The van der Waals surface area contributed by atoms with Crippen LogP contribution in [-0.4, -0.2) is 16.9 Å². The summed E-state index contributed by atoms with van der Waals surface area (Å²) < 4.78 is 0.987. The number of hydrazine groups is 1. The molecule has 0 aliphatic rings. The molecule has 0 saturated carbocycles. The lowest BCUT2D eigenvalue weighted by atomic mass is 9.91. The zero-order valence-corrected chi connectivity index (χ0v) is 19.2. The molecule has 0 aliphatic carbocycles. The molecule has 3 aromatic rings. The fraction of sp³-hybridized carbons (Fsp3) is 0.0870. The van der Waals surface area contributed by atoms with Crippen molar-refractivity contribution in [3.63, 3.8) is 0 Å². The molecule has 2 amide bonds. The van der Waals surface area contributed by atoms with Crippen molar-refractivity contribution in [1.29, 1.82) is 0 Å². The first kappa shape index (κ1) is 21.9. The highest BCUT2D eigenvalue weighted by atomic mass is 127. The van der Waals surface area contributed by atoms with E-state index in [2.05, 4.69) is 38.8 Å². The van der Waals surface area contributed by atoms with Gasteiger partial charge in [0.15, 0.2) is 5.11 Å². The fourth-order valence-electron chi connectivity index (χ4n) is 2.92. The van der Waals surface area contributed by atoms with Gasteiger partial charge < -0.3 is 0 Å². The zero-order chi connectivity index (χ0) is 21.5. The molecule has 3 rings (SSSR count). The molecule has 0 spiro atoms. The van der Waals surface area contributed by atoms with Crippen molar-refractivity contribution in [2.24, 2.45) is 0 Å². The molecule has 0 fully saturated rings. The van der Waals surface area contributed by atoms with Crippen molar-refractivity contribution >= 4 is 51.7 Å². The molecular formula is C23H20IN3O2S. The summed E-state index contributed by atoms with van der Waals surface area (Å²) in [6, 6.07) is 24.3. The second kappa shape index (κ2) is 10.3. The SMILES string of the molecule is Cc1ccc(C(=O)NC(=S)NNC(=O)C(c2ccccc2)c2ccccc2)cc1I. The number of aryl methyl sites for hydroxylation is 1. The van der Waals surface area contributed by atoms with Crippen molar-refractivity contribution in [2.45, 2.75) is 12.8 Å². The van der Waals surface area contributed by atoms with Crippen LogP contribution < -0.4 is 16.2 Å². The van der Waals surface area contributed by atoms with Gasteiger partial charge in [0.05, 0.1) is 5.92 Å². The molecule has 0 radical (unpaired) electrons. The van der Waals surface area contributed by atoms with Crippen LogP contribution in [0.4, 0.5) is 0 Å². The quantitative estimate of drug-likeness (QED) is 0.271. The van der Waals surface area contributed by atoms with E-state index in [9.17, 15) is 9.59 Å². The number of rotatable bonds is 4. The van der Waals surface area contributed by atoms with Crippen LogP contribution in [0, 0.1) is 10.5 Å². The summed E-state index contributed by atoms with van der Waals surface area (Å²) in [4.78, 5) is 25.3. The van der Waals surface area contributed by atoms with Crippen LogP contribution in [0.3, 0.4) is 0 Å². The molecule has 0 aromatic heterocycles. The van der Waals surface area contributed by atoms with E-state index < -0.39 is 5.92 Å². The minimum Gasteiger partial charge on any atom is -0.298 e. The molecule has 0 heterocycles. The summed E-state index contributed by atoms with van der Waals surface area (Å²) in [7, 11) is 0. The number of carbonyl (C=O) groups is 2. The van der Waals surface area contributed by atoms with Gasteiger partial charge in [-0.25, -0.2) is 0 Å². The predicted molar refractivity (Wildman–Crippen MR) is 130 cm³/mol. The largest absolute Gasteiger partial charge is 0.298 e. The maximum absolute atomic E-state index is 12.9. The minimum absolute atomic E-state index is 0.0174. The van der Waals surface area contributed by atoms with Gasteiger partial charge in [-0.3, -0.25) is 25.8 Å². The zero-order valence-electron chi connectivity index (χ0n) is 16.2. The maximum atomic E-state index is 12.9. The lowest BCUT2D eigenvalue weighted by Crippen LogP contribution is -2.49. The number of amides is 2. The first-order valence-electron chi connectivity index (χ1n) is 9.23. The molecule has 0 aliphatic heterocycles. The van der Waals surface area contributed by atoms with Crippen LogP contribution in [-0.2, 0) is 4.79 Å². The van der Waals surface area contributed by atoms with E-state index in [0.29, 0.717) is 5.56 Å². The van der Waals surface area contributed by atoms with Crippen LogP contribution in [0.1, 0.15) is 33.0 Å². The van der Waals surface area contributed by atoms with Gasteiger partial charge in [0.1, 0.15) is 0 Å². The Balaban J connectivity index is 1.65. The summed E-state index contributed by atoms with van der Waals surface area (Å²) in [6.07, 6.45) is 0. The fourth-order valence-corrected chi connectivity index (χ4v) is 3.58. The number of halogens is 1. The van der Waals surface area contributed by atoms with Crippen molar-refractivity contribution in [3.8, 4) is 0 Å². The Bertz CT molecular complexity index is 1020. The Morgan fingerprint density at radius 1 is 0.867 bits per heavy atom. The number of thiocarbonyl (C=S) groups is 1. The molecule has 152 valence electrons. The van der Waals surface area contributed by atoms with E-state index in [4.69, 9.17) is 12.2 Å². The predicted octanol–water partition coefficient (Wildman–Crippen LogP) is 4.07. The highest BCUT2D eigenvalue weighted by Crippen LogP contribution is 2.24. The average molecular weight is 529 g/mol. The number of carbonyl (C=O) groups excluding carboxylic acids is 2. The monoisotopic (exact) mass is 529 g/mol. The van der Waals surface area contributed by atoms with Crippen molar-refractivity contribution in [3.05, 3.63) is 105 Å². The standard InChI is InChI=1S/C23H20IN3O2S/c1-15-12-13-18(14-19(15)24)21(28)25-23(30)27-26-22(29)20(16-8-4-2-5-9-16)17-10-6-3-7-11-17/h2-14,20H,1H3,(H,26,29)(H2,25,27,28,30). The summed E-state index contributed by atoms with van der Waals surface area (Å²) >= 11 is 7.34. The van der Waals surface area contributed by atoms with Gasteiger partial charge in [-0.15, -0.1) is 0 Å². The summed E-state index contributed by atoms with van der Waals surface area (Å²) in [5, 5.41) is 2.60. The second-order valence-corrected chi connectivity index (χ2v) is 8.19. The molecule has 0 atom stereocenters. The average Bonchev–Trinajstić information content (AvgIpc) is 2.76. The van der Waals surface area contributed by atoms with Gasteiger partial charge in [0.2, 0.25) is 5.91 Å². The maximum Gasteiger partial charge on any atom is 0.257 e. The number of hydrogen-bond acceptors (Lipinski definition) is 3. The van der Waals surface area contributed by atoms with Crippen LogP contribution in [0.25, 0.3) is 0 Å². The third-order valence-electron chi connectivity index (χ3n) is 4.49. The first-order valence-corrected chi connectivity index (χ1v) is 10.7.